The molecule has 0 unspecified atom stereocenters. The Morgan fingerprint density at radius 1 is 1.31 bits per heavy atom. The van der Waals surface area contributed by atoms with Gasteiger partial charge in [-0.15, -0.1) is 0 Å². The second-order valence-electron chi connectivity index (χ2n) is 3.78. The highest BCUT2D eigenvalue weighted by molar-refractivity contribution is 5.34. The summed E-state index contributed by atoms with van der Waals surface area (Å²) in [4.78, 5) is 0. The molecular weight excluding hydrogens is 162 g/mol. The van der Waals surface area contributed by atoms with Crippen LogP contribution in [0.25, 0.3) is 0 Å². The largest absolute Gasteiger partial charge is 0.508 e. The summed E-state index contributed by atoms with van der Waals surface area (Å²) in [7, 11) is 0. The summed E-state index contributed by atoms with van der Waals surface area (Å²) in [6.45, 7) is 0. The van der Waals surface area contributed by atoms with Crippen LogP contribution in [0.3, 0.4) is 0 Å². The van der Waals surface area contributed by atoms with Crippen molar-refractivity contribution in [3.63, 3.8) is 0 Å². The standard InChI is InChI=1S/C11H15NO/c12-11(8-4-3-5-8)9-6-1-2-7-10(9)13/h1-2,6-8,11,13H,3-5,12H2/t11-/m0/s1. The summed E-state index contributed by atoms with van der Waals surface area (Å²) in [6.07, 6.45) is 3.69. The van der Waals surface area contributed by atoms with Crippen LogP contribution in [0.2, 0.25) is 0 Å². The number of hydrogen-bond acceptors (Lipinski definition) is 2. The second kappa shape index (κ2) is 3.38. The minimum atomic E-state index is 0.0231. The molecule has 1 fully saturated rings. The van der Waals surface area contributed by atoms with E-state index >= 15 is 0 Å². The van der Waals surface area contributed by atoms with Gasteiger partial charge in [0.15, 0.2) is 0 Å². The van der Waals surface area contributed by atoms with Crippen LogP contribution in [0.5, 0.6) is 5.75 Å². The smallest absolute Gasteiger partial charge is 0.120 e. The first kappa shape index (κ1) is 8.57. The number of rotatable bonds is 2. The molecule has 1 aromatic carbocycles. The van der Waals surface area contributed by atoms with E-state index in [-0.39, 0.29) is 6.04 Å². The predicted octanol–water partition coefficient (Wildman–Crippen LogP) is 2.19. The summed E-state index contributed by atoms with van der Waals surface area (Å²) in [5.74, 6) is 0.912. The molecule has 0 bridgehead atoms. The fraction of sp³-hybridized carbons (Fsp3) is 0.455. The van der Waals surface area contributed by atoms with Gasteiger partial charge in [-0.05, 0) is 24.8 Å². The lowest BCUT2D eigenvalue weighted by atomic mass is 9.77. The summed E-state index contributed by atoms with van der Waals surface area (Å²) < 4.78 is 0. The molecule has 70 valence electrons. The number of aromatic hydroxyl groups is 1. The van der Waals surface area contributed by atoms with Gasteiger partial charge in [-0.25, -0.2) is 0 Å². The molecule has 1 aromatic rings. The minimum Gasteiger partial charge on any atom is -0.508 e. The molecule has 0 aliphatic heterocycles. The first-order chi connectivity index (χ1) is 6.29. The van der Waals surface area contributed by atoms with Gasteiger partial charge in [0.1, 0.15) is 5.75 Å². The van der Waals surface area contributed by atoms with E-state index in [1.165, 1.54) is 19.3 Å². The third kappa shape index (κ3) is 1.54. The van der Waals surface area contributed by atoms with Crippen LogP contribution in [-0.4, -0.2) is 5.11 Å². The lowest BCUT2D eigenvalue weighted by Crippen LogP contribution is -2.26. The molecule has 2 heteroatoms. The quantitative estimate of drug-likeness (QED) is 0.727. The Morgan fingerprint density at radius 2 is 2.00 bits per heavy atom. The maximum absolute atomic E-state index is 9.57. The van der Waals surface area contributed by atoms with Crippen LogP contribution < -0.4 is 5.73 Å². The average Bonchev–Trinajstić information content (AvgIpc) is 2.01. The van der Waals surface area contributed by atoms with Gasteiger partial charge in [0.2, 0.25) is 0 Å². The number of phenolic OH excluding ortho intramolecular Hbond substituents is 1. The van der Waals surface area contributed by atoms with E-state index < -0.39 is 0 Å². The van der Waals surface area contributed by atoms with E-state index in [2.05, 4.69) is 0 Å². The van der Waals surface area contributed by atoms with E-state index in [1.807, 2.05) is 18.2 Å². The van der Waals surface area contributed by atoms with Crippen molar-refractivity contribution >= 4 is 0 Å². The Hall–Kier alpha value is -1.02. The molecule has 0 amide bonds. The Balaban J connectivity index is 2.18. The third-order valence-corrected chi connectivity index (χ3v) is 2.95. The van der Waals surface area contributed by atoms with Gasteiger partial charge in [0.05, 0.1) is 0 Å². The molecule has 0 spiro atoms. The third-order valence-electron chi connectivity index (χ3n) is 2.95. The molecule has 0 radical (unpaired) electrons. The van der Waals surface area contributed by atoms with Crippen LogP contribution in [0.1, 0.15) is 30.9 Å². The molecule has 13 heavy (non-hydrogen) atoms. The number of hydrogen-bond donors (Lipinski definition) is 2. The summed E-state index contributed by atoms with van der Waals surface area (Å²) >= 11 is 0. The fourth-order valence-electron chi connectivity index (χ4n) is 1.82. The van der Waals surface area contributed by atoms with Crippen molar-refractivity contribution in [2.75, 3.05) is 0 Å². The number of para-hydroxylation sites is 1. The van der Waals surface area contributed by atoms with Crippen molar-refractivity contribution in [1.82, 2.24) is 0 Å². The first-order valence-electron chi connectivity index (χ1n) is 4.82. The Bertz CT molecular complexity index is 294. The number of phenols is 1. The number of benzene rings is 1. The molecule has 0 saturated heterocycles. The highest BCUT2D eigenvalue weighted by Crippen LogP contribution is 2.38. The molecule has 3 N–H and O–H groups in total. The molecule has 2 nitrogen and oxygen atoms in total. The van der Waals surface area contributed by atoms with Crippen molar-refractivity contribution in [2.45, 2.75) is 25.3 Å². The van der Waals surface area contributed by atoms with Crippen LogP contribution in [0, 0.1) is 5.92 Å². The molecule has 1 aliphatic carbocycles. The van der Waals surface area contributed by atoms with Gasteiger partial charge in [-0.2, -0.15) is 0 Å². The van der Waals surface area contributed by atoms with E-state index in [9.17, 15) is 5.11 Å². The summed E-state index contributed by atoms with van der Waals surface area (Å²) in [5.41, 5.74) is 6.94. The van der Waals surface area contributed by atoms with Crippen molar-refractivity contribution in [1.29, 1.82) is 0 Å². The van der Waals surface area contributed by atoms with Crippen LogP contribution >= 0.6 is 0 Å². The van der Waals surface area contributed by atoms with Gasteiger partial charge in [0.25, 0.3) is 0 Å². The fourth-order valence-corrected chi connectivity index (χ4v) is 1.82. The lowest BCUT2D eigenvalue weighted by Gasteiger charge is -2.31. The predicted molar refractivity (Wildman–Crippen MR) is 52.4 cm³/mol. The maximum Gasteiger partial charge on any atom is 0.120 e. The van der Waals surface area contributed by atoms with E-state index in [0.29, 0.717) is 11.7 Å². The van der Waals surface area contributed by atoms with Crippen molar-refractivity contribution in [3.8, 4) is 5.75 Å². The minimum absolute atomic E-state index is 0.0231. The van der Waals surface area contributed by atoms with E-state index in [1.54, 1.807) is 6.07 Å². The van der Waals surface area contributed by atoms with Crippen LogP contribution in [0.4, 0.5) is 0 Å². The Kier molecular flexibility index (Phi) is 2.23. The van der Waals surface area contributed by atoms with Crippen molar-refractivity contribution < 1.29 is 5.11 Å². The molecule has 1 aliphatic rings. The molecule has 1 saturated carbocycles. The second-order valence-corrected chi connectivity index (χ2v) is 3.78. The summed E-state index contributed by atoms with van der Waals surface area (Å²) in [6, 6.07) is 7.39. The van der Waals surface area contributed by atoms with Gasteiger partial charge < -0.3 is 10.8 Å². The number of nitrogens with two attached hydrogens (primary N) is 1. The maximum atomic E-state index is 9.57. The van der Waals surface area contributed by atoms with E-state index in [0.717, 1.165) is 5.56 Å². The van der Waals surface area contributed by atoms with Gasteiger partial charge in [0, 0.05) is 11.6 Å². The van der Waals surface area contributed by atoms with E-state index in [4.69, 9.17) is 5.73 Å². The SMILES string of the molecule is N[C@H](c1ccccc1O)C1CCC1. The topological polar surface area (TPSA) is 46.2 Å². The summed E-state index contributed by atoms with van der Waals surface area (Å²) in [5, 5.41) is 9.57. The zero-order valence-corrected chi connectivity index (χ0v) is 7.61. The van der Waals surface area contributed by atoms with Crippen LogP contribution in [0.15, 0.2) is 24.3 Å². The molecule has 0 aromatic heterocycles. The highest BCUT2D eigenvalue weighted by Gasteiger charge is 2.26. The Labute approximate surface area is 78.4 Å². The zero-order chi connectivity index (χ0) is 9.26. The average molecular weight is 177 g/mol. The van der Waals surface area contributed by atoms with Gasteiger partial charge >= 0.3 is 0 Å². The van der Waals surface area contributed by atoms with Crippen LogP contribution in [-0.2, 0) is 0 Å². The molecule has 2 rings (SSSR count). The zero-order valence-electron chi connectivity index (χ0n) is 7.61. The normalized spacial score (nSPS) is 19.5. The first-order valence-corrected chi connectivity index (χ1v) is 4.82. The molecule has 0 heterocycles. The highest BCUT2D eigenvalue weighted by atomic mass is 16.3. The molecule has 1 atom stereocenters. The Morgan fingerprint density at radius 3 is 2.54 bits per heavy atom. The molecular formula is C11H15NO. The van der Waals surface area contributed by atoms with Gasteiger partial charge in [-0.3, -0.25) is 0 Å². The van der Waals surface area contributed by atoms with Gasteiger partial charge in [-0.1, -0.05) is 24.6 Å². The lowest BCUT2D eigenvalue weighted by molar-refractivity contribution is 0.260. The van der Waals surface area contributed by atoms with Crippen molar-refractivity contribution in [3.05, 3.63) is 29.8 Å². The van der Waals surface area contributed by atoms with Crippen molar-refractivity contribution in [2.24, 2.45) is 11.7 Å². The monoisotopic (exact) mass is 177 g/mol.